The van der Waals surface area contributed by atoms with Crippen LogP contribution < -0.4 is 0 Å². The molecule has 1 heterocycles. The molecule has 5 fully saturated rings. The van der Waals surface area contributed by atoms with Crippen molar-refractivity contribution in [1.29, 1.82) is 0 Å². The second kappa shape index (κ2) is 7.68. The fourth-order valence-corrected chi connectivity index (χ4v) is 11.3. The van der Waals surface area contributed by atoms with E-state index in [1.54, 1.807) is 0 Å². The summed E-state index contributed by atoms with van der Waals surface area (Å²) in [6.07, 6.45) is 5.61. The van der Waals surface area contributed by atoms with Gasteiger partial charge in [-0.15, -0.1) is 0 Å². The van der Waals surface area contributed by atoms with E-state index >= 15 is 0 Å². The maximum Gasteiger partial charge on any atom is 0.0865 e. The number of ether oxygens (including phenoxy) is 1. The van der Waals surface area contributed by atoms with E-state index in [-0.39, 0.29) is 51.1 Å². The molecule has 0 radical (unpaired) electrons. The highest BCUT2D eigenvalue weighted by Crippen LogP contribution is 2.76. The number of hydrogen-bond donors (Lipinski definition) is 4. The van der Waals surface area contributed by atoms with Gasteiger partial charge in [-0.05, 0) is 117 Å². The van der Waals surface area contributed by atoms with Crippen molar-refractivity contribution >= 4 is 0 Å². The summed E-state index contributed by atoms with van der Waals surface area (Å²) in [6.45, 7) is 17.3. The molecule has 5 heteroatoms. The Balaban J connectivity index is 1.51. The lowest BCUT2D eigenvalue weighted by atomic mass is 9.34. The zero-order valence-electron chi connectivity index (χ0n) is 23.5. The third-order valence-electron chi connectivity index (χ3n) is 13.1. The van der Waals surface area contributed by atoms with Crippen LogP contribution in [0.5, 0.6) is 0 Å². The molecule has 4 N–H and O–H groups in total. The van der Waals surface area contributed by atoms with E-state index in [4.69, 9.17) is 4.74 Å². The highest BCUT2D eigenvalue weighted by Gasteiger charge is 2.73. The van der Waals surface area contributed by atoms with Crippen LogP contribution in [0.2, 0.25) is 0 Å². The molecule has 0 aromatic heterocycles. The average molecular weight is 493 g/mol. The first-order valence-corrected chi connectivity index (χ1v) is 14.4. The van der Waals surface area contributed by atoms with Crippen LogP contribution >= 0.6 is 0 Å². The van der Waals surface area contributed by atoms with Crippen LogP contribution in [0.3, 0.4) is 0 Å². The summed E-state index contributed by atoms with van der Waals surface area (Å²) >= 11 is 0. The molecule has 12 atom stereocenters. The molecule has 0 amide bonds. The van der Waals surface area contributed by atoms with Gasteiger partial charge in [-0.25, -0.2) is 0 Å². The first kappa shape index (κ1) is 26.4. The van der Waals surface area contributed by atoms with Gasteiger partial charge >= 0.3 is 0 Å². The lowest BCUT2D eigenvalue weighted by Crippen LogP contribution is -2.69. The fraction of sp³-hybridized carbons (Fsp3) is 1.00. The van der Waals surface area contributed by atoms with Crippen molar-refractivity contribution in [1.82, 2.24) is 0 Å². The summed E-state index contributed by atoms with van der Waals surface area (Å²) in [7, 11) is 0. The average Bonchev–Trinajstić information content (AvgIpc) is 3.30. The van der Waals surface area contributed by atoms with E-state index in [9.17, 15) is 20.4 Å². The topological polar surface area (TPSA) is 90.2 Å². The molecular weight excluding hydrogens is 440 g/mol. The maximum absolute atomic E-state index is 11.9. The van der Waals surface area contributed by atoms with Crippen LogP contribution in [0, 0.1) is 45.3 Å². The quantitative estimate of drug-likeness (QED) is 0.449. The molecule has 0 bridgehead atoms. The Hall–Kier alpha value is -0.200. The molecule has 0 spiro atoms. The summed E-state index contributed by atoms with van der Waals surface area (Å²) in [6, 6.07) is 0. The fourth-order valence-electron chi connectivity index (χ4n) is 11.3. The summed E-state index contributed by atoms with van der Waals surface area (Å²) in [5.41, 5.74) is -1.83. The molecule has 5 aliphatic rings. The lowest BCUT2D eigenvalue weighted by Gasteiger charge is -2.71. The van der Waals surface area contributed by atoms with Crippen LogP contribution in [0.1, 0.15) is 107 Å². The SMILES string of the molecule is CC(C)(O)C1CCC(C)(C2CC[C@]3(C)C2C(O)CC2C4(C)CCC(O)C(C)(C)C4C(O)CC23C)O1. The molecule has 5 rings (SSSR count). The van der Waals surface area contributed by atoms with Gasteiger partial charge in [-0.1, -0.05) is 34.6 Å². The third-order valence-corrected chi connectivity index (χ3v) is 13.1. The number of aliphatic hydroxyl groups excluding tert-OH is 3. The highest BCUT2D eigenvalue weighted by atomic mass is 16.5. The van der Waals surface area contributed by atoms with Gasteiger partial charge in [0, 0.05) is 0 Å². The Morgan fingerprint density at radius 1 is 0.800 bits per heavy atom. The summed E-state index contributed by atoms with van der Waals surface area (Å²) in [5, 5.41) is 45.2. The molecule has 11 unspecified atom stereocenters. The van der Waals surface area contributed by atoms with E-state index in [0.29, 0.717) is 5.92 Å². The standard InChI is InChI=1S/C30H52O5/c1-25(2)21(33)10-12-27(5)20-15-18(31)23-17(30(8)14-11-22(35-30)26(3,4)34)9-13-28(23,6)29(20,7)16-19(32)24(25)27/h17-24,31-34H,9-16H2,1-8H3/t17?,18?,19?,20?,21?,22?,23?,24?,27?,28-,29?,30?/m1/s1. The Kier molecular flexibility index (Phi) is 5.80. The van der Waals surface area contributed by atoms with Crippen LogP contribution in [0.25, 0.3) is 0 Å². The van der Waals surface area contributed by atoms with Gasteiger partial charge in [0.05, 0.1) is 35.6 Å². The number of aliphatic hydroxyl groups is 4. The van der Waals surface area contributed by atoms with Crippen molar-refractivity contribution in [3.05, 3.63) is 0 Å². The van der Waals surface area contributed by atoms with Crippen LogP contribution in [-0.2, 0) is 4.74 Å². The van der Waals surface area contributed by atoms with E-state index in [1.165, 1.54) is 0 Å². The van der Waals surface area contributed by atoms with Crippen LogP contribution in [-0.4, -0.2) is 56.0 Å². The maximum atomic E-state index is 11.9. The summed E-state index contributed by atoms with van der Waals surface area (Å²) in [4.78, 5) is 0. The van der Waals surface area contributed by atoms with Crippen molar-refractivity contribution in [3.8, 4) is 0 Å². The molecule has 35 heavy (non-hydrogen) atoms. The summed E-state index contributed by atoms with van der Waals surface area (Å²) in [5.74, 6) is 0.722. The molecule has 202 valence electrons. The van der Waals surface area contributed by atoms with Crippen molar-refractivity contribution in [2.45, 2.75) is 142 Å². The Bertz CT molecular complexity index is 850. The van der Waals surface area contributed by atoms with Crippen LogP contribution in [0.15, 0.2) is 0 Å². The van der Waals surface area contributed by atoms with Crippen molar-refractivity contribution in [2.24, 2.45) is 45.3 Å². The van der Waals surface area contributed by atoms with E-state index in [2.05, 4.69) is 41.5 Å². The molecular formula is C30H52O5. The molecule has 1 saturated heterocycles. The number of rotatable bonds is 2. The first-order chi connectivity index (χ1) is 15.9. The van der Waals surface area contributed by atoms with Gasteiger partial charge in [0.25, 0.3) is 0 Å². The largest absolute Gasteiger partial charge is 0.393 e. The van der Waals surface area contributed by atoms with E-state index in [1.807, 2.05) is 13.8 Å². The lowest BCUT2D eigenvalue weighted by molar-refractivity contribution is -0.275. The zero-order valence-corrected chi connectivity index (χ0v) is 23.5. The van der Waals surface area contributed by atoms with Gasteiger partial charge in [0.1, 0.15) is 0 Å². The molecule has 1 aliphatic heterocycles. The Labute approximate surface area is 213 Å². The van der Waals surface area contributed by atoms with Gasteiger partial charge in [-0.3, -0.25) is 0 Å². The van der Waals surface area contributed by atoms with Gasteiger partial charge in [0.2, 0.25) is 0 Å². The van der Waals surface area contributed by atoms with Crippen molar-refractivity contribution in [3.63, 3.8) is 0 Å². The summed E-state index contributed by atoms with van der Waals surface area (Å²) < 4.78 is 6.64. The Morgan fingerprint density at radius 3 is 2.06 bits per heavy atom. The number of hydrogen-bond acceptors (Lipinski definition) is 5. The smallest absolute Gasteiger partial charge is 0.0865 e. The van der Waals surface area contributed by atoms with Crippen molar-refractivity contribution in [2.75, 3.05) is 0 Å². The third kappa shape index (κ3) is 3.36. The van der Waals surface area contributed by atoms with Crippen molar-refractivity contribution < 1.29 is 25.2 Å². The predicted octanol–water partition coefficient (Wildman–Crippen LogP) is 4.68. The minimum atomic E-state index is -0.864. The number of fused-ring (bicyclic) bond motifs is 5. The first-order valence-electron chi connectivity index (χ1n) is 14.4. The monoisotopic (exact) mass is 492 g/mol. The van der Waals surface area contributed by atoms with Gasteiger partial charge < -0.3 is 25.2 Å². The minimum absolute atomic E-state index is 0.0320. The molecule has 0 aromatic rings. The predicted molar refractivity (Wildman–Crippen MR) is 137 cm³/mol. The van der Waals surface area contributed by atoms with Gasteiger partial charge in [0.15, 0.2) is 0 Å². The second-order valence-corrected chi connectivity index (χ2v) is 15.6. The van der Waals surface area contributed by atoms with Gasteiger partial charge in [-0.2, -0.15) is 0 Å². The second-order valence-electron chi connectivity index (χ2n) is 15.6. The Morgan fingerprint density at radius 2 is 1.46 bits per heavy atom. The molecule has 4 saturated carbocycles. The van der Waals surface area contributed by atoms with E-state index in [0.717, 1.165) is 51.4 Å². The molecule has 5 nitrogen and oxygen atoms in total. The molecule has 4 aliphatic carbocycles. The van der Waals surface area contributed by atoms with E-state index < -0.39 is 23.9 Å². The molecule has 0 aromatic carbocycles. The normalized spacial score (nSPS) is 57.9. The van der Waals surface area contributed by atoms with Crippen LogP contribution in [0.4, 0.5) is 0 Å². The highest BCUT2D eigenvalue weighted by molar-refractivity contribution is 5.22. The minimum Gasteiger partial charge on any atom is -0.393 e. The zero-order chi connectivity index (χ0) is 26.0.